The van der Waals surface area contributed by atoms with Gasteiger partial charge in [0.1, 0.15) is 10.9 Å². The van der Waals surface area contributed by atoms with E-state index in [-0.39, 0.29) is 11.0 Å². The summed E-state index contributed by atoms with van der Waals surface area (Å²) in [6.07, 6.45) is -4.67. The number of nitrogens with zero attached hydrogens (tertiary/aromatic N) is 2. The summed E-state index contributed by atoms with van der Waals surface area (Å²) in [4.78, 5) is 6.35. The number of ether oxygens (including phenoxy) is 1. The van der Waals surface area contributed by atoms with Gasteiger partial charge >= 0.3 is 6.18 Å². The van der Waals surface area contributed by atoms with Gasteiger partial charge in [-0.1, -0.05) is 29.8 Å². The van der Waals surface area contributed by atoms with Crippen molar-refractivity contribution in [3.05, 3.63) is 47.4 Å². The fraction of sp³-hybridized carbons (Fsp3) is 0.0909. The first-order valence-electron chi connectivity index (χ1n) is 4.80. The van der Waals surface area contributed by atoms with E-state index in [1.165, 1.54) is 0 Å². The number of hydrogen-bond acceptors (Lipinski definition) is 3. The van der Waals surface area contributed by atoms with Gasteiger partial charge in [-0.15, -0.1) is 0 Å². The zero-order valence-corrected chi connectivity index (χ0v) is 9.53. The van der Waals surface area contributed by atoms with E-state index in [2.05, 4.69) is 9.97 Å². The Kier molecular flexibility index (Phi) is 3.38. The summed E-state index contributed by atoms with van der Waals surface area (Å²) in [7, 11) is 0. The largest absolute Gasteiger partial charge is 0.451 e. The monoisotopic (exact) mass is 274 g/mol. The van der Waals surface area contributed by atoms with E-state index in [0.717, 1.165) is 6.07 Å². The van der Waals surface area contributed by atoms with Crippen LogP contribution in [-0.4, -0.2) is 9.97 Å². The summed E-state index contributed by atoms with van der Waals surface area (Å²) in [5.74, 6) is -1.23. The number of para-hydroxylation sites is 1. The summed E-state index contributed by atoms with van der Waals surface area (Å²) in [6, 6.07) is 9.41. The Morgan fingerprint density at radius 2 is 1.72 bits per heavy atom. The second-order valence-corrected chi connectivity index (χ2v) is 3.65. The van der Waals surface area contributed by atoms with Crippen LogP contribution in [0, 0.1) is 0 Å². The van der Waals surface area contributed by atoms with Crippen LogP contribution in [0.5, 0.6) is 11.6 Å². The maximum atomic E-state index is 12.4. The van der Waals surface area contributed by atoms with Crippen molar-refractivity contribution in [2.75, 3.05) is 0 Å². The van der Waals surface area contributed by atoms with E-state index in [1.54, 1.807) is 30.3 Å². The van der Waals surface area contributed by atoms with Crippen LogP contribution in [0.15, 0.2) is 36.4 Å². The average molecular weight is 275 g/mol. The zero-order valence-electron chi connectivity index (χ0n) is 8.78. The molecule has 0 saturated heterocycles. The number of hydrogen-bond donors (Lipinski definition) is 0. The normalized spacial score (nSPS) is 11.3. The molecule has 0 fully saturated rings. The molecule has 0 N–H and O–H groups in total. The van der Waals surface area contributed by atoms with Gasteiger partial charge in [0.05, 0.1) is 0 Å². The molecule has 0 aliphatic carbocycles. The SMILES string of the molecule is FC(F)(F)c1nc(Cl)cc(Oc2ccccc2)n1. The number of alkyl halides is 3. The highest BCUT2D eigenvalue weighted by Gasteiger charge is 2.35. The highest BCUT2D eigenvalue weighted by Crippen LogP contribution is 2.30. The lowest BCUT2D eigenvalue weighted by atomic mass is 10.3. The molecule has 0 atom stereocenters. The van der Waals surface area contributed by atoms with Crippen molar-refractivity contribution in [3.63, 3.8) is 0 Å². The third-order valence-electron chi connectivity index (χ3n) is 1.89. The van der Waals surface area contributed by atoms with E-state index in [0.29, 0.717) is 5.75 Å². The smallest absolute Gasteiger partial charge is 0.439 e. The van der Waals surface area contributed by atoms with Gasteiger partial charge in [-0.25, -0.2) is 4.98 Å². The Morgan fingerprint density at radius 3 is 2.33 bits per heavy atom. The lowest BCUT2D eigenvalue weighted by molar-refractivity contribution is -0.145. The van der Waals surface area contributed by atoms with Crippen LogP contribution in [0.2, 0.25) is 5.15 Å². The van der Waals surface area contributed by atoms with E-state index in [4.69, 9.17) is 16.3 Å². The van der Waals surface area contributed by atoms with Crippen molar-refractivity contribution in [3.8, 4) is 11.6 Å². The maximum absolute atomic E-state index is 12.4. The van der Waals surface area contributed by atoms with Gasteiger partial charge in [0, 0.05) is 6.07 Å². The molecule has 7 heteroatoms. The first kappa shape index (κ1) is 12.6. The second-order valence-electron chi connectivity index (χ2n) is 3.27. The van der Waals surface area contributed by atoms with Crippen LogP contribution in [0.25, 0.3) is 0 Å². The molecule has 3 nitrogen and oxygen atoms in total. The Bertz CT molecular complexity index is 546. The third-order valence-corrected chi connectivity index (χ3v) is 2.08. The number of rotatable bonds is 2. The standard InChI is InChI=1S/C11H6ClF3N2O/c12-8-6-9(17-10(16-8)11(13,14)15)18-7-4-2-1-3-5-7/h1-6H. The fourth-order valence-electron chi connectivity index (χ4n) is 1.19. The predicted molar refractivity (Wildman–Crippen MR) is 58.6 cm³/mol. The van der Waals surface area contributed by atoms with Crippen molar-refractivity contribution >= 4 is 11.6 Å². The van der Waals surface area contributed by atoms with E-state index < -0.39 is 12.0 Å². The molecule has 2 aromatic rings. The minimum absolute atomic E-state index is 0.256. The number of aromatic nitrogens is 2. The lowest BCUT2D eigenvalue weighted by Crippen LogP contribution is -2.11. The molecule has 18 heavy (non-hydrogen) atoms. The predicted octanol–water partition coefficient (Wildman–Crippen LogP) is 3.94. The molecule has 0 amide bonds. The minimum atomic E-state index is -4.67. The van der Waals surface area contributed by atoms with Crippen LogP contribution in [-0.2, 0) is 6.18 Å². The van der Waals surface area contributed by atoms with Crippen molar-refractivity contribution < 1.29 is 17.9 Å². The first-order chi connectivity index (χ1) is 8.45. The topological polar surface area (TPSA) is 35.0 Å². The quantitative estimate of drug-likeness (QED) is 0.778. The molecular formula is C11H6ClF3N2O. The fourth-order valence-corrected chi connectivity index (χ4v) is 1.36. The number of benzene rings is 1. The Morgan fingerprint density at radius 1 is 1.06 bits per heavy atom. The summed E-state index contributed by atoms with van der Waals surface area (Å²) in [5.41, 5.74) is 0. The molecule has 0 spiro atoms. The summed E-state index contributed by atoms with van der Waals surface area (Å²) >= 11 is 5.49. The zero-order chi connectivity index (χ0) is 13.2. The summed E-state index contributed by atoms with van der Waals surface area (Å²) in [5, 5.41) is -0.330. The van der Waals surface area contributed by atoms with Gasteiger partial charge in [-0.05, 0) is 12.1 Å². The van der Waals surface area contributed by atoms with Gasteiger partial charge in [-0.3, -0.25) is 0 Å². The van der Waals surface area contributed by atoms with Gasteiger partial charge in [0.25, 0.3) is 0 Å². The molecule has 0 aliphatic heterocycles. The molecular weight excluding hydrogens is 269 g/mol. The molecule has 0 radical (unpaired) electrons. The minimum Gasteiger partial charge on any atom is -0.439 e. The van der Waals surface area contributed by atoms with Gasteiger partial charge in [0.15, 0.2) is 0 Å². The molecule has 0 unspecified atom stereocenters. The highest BCUT2D eigenvalue weighted by atomic mass is 35.5. The summed E-state index contributed by atoms with van der Waals surface area (Å²) < 4.78 is 42.5. The molecule has 0 saturated carbocycles. The molecule has 1 aromatic carbocycles. The van der Waals surface area contributed by atoms with Crippen LogP contribution < -0.4 is 4.74 Å². The van der Waals surface area contributed by atoms with Gasteiger partial charge in [0.2, 0.25) is 11.7 Å². The van der Waals surface area contributed by atoms with Crippen LogP contribution in [0.4, 0.5) is 13.2 Å². The van der Waals surface area contributed by atoms with Crippen molar-refractivity contribution in [2.45, 2.75) is 6.18 Å². The molecule has 1 aromatic heterocycles. The highest BCUT2D eigenvalue weighted by molar-refractivity contribution is 6.29. The molecule has 1 heterocycles. The second kappa shape index (κ2) is 4.81. The molecule has 0 aliphatic rings. The van der Waals surface area contributed by atoms with Crippen LogP contribution in [0.3, 0.4) is 0 Å². The number of halogens is 4. The van der Waals surface area contributed by atoms with E-state index in [1.807, 2.05) is 0 Å². The van der Waals surface area contributed by atoms with Gasteiger partial charge < -0.3 is 4.74 Å². The van der Waals surface area contributed by atoms with E-state index >= 15 is 0 Å². The van der Waals surface area contributed by atoms with Crippen molar-refractivity contribution in [1.82, 2.24) is 9.97 Å². The maximum Gasteiger partial charge on any atom is 0.451 e. The summed E-state index contributed by atoms with van der Waals surface area (Å²) in [6.45, 7) is 0. The van der Waals surface area contributed by atoms with Crippen LogP contribution >= 0.6 is 11.6 Å². The van der Waals surface area contributed by atoms with E-state index in [9.17, 15) is 13.2 Å². The lowest BCUT2D eigenvalue weighted by Gasteiger charge is -2.08. The van der Waals surface area contributed by atoms with Crippen LogP contribution in [0.1, 0.15) is 5.82 Å². The van der Waals surface area contributed by atoms with Crippen molar-refractivity contribution in [1.29, 1.82) is 0 Å². The molecule has 94 valence electrons. The average Bonchev–Trinajstić information content (AvgIpc) is 2.28. The third kappa shape index (κ3) is 3.10. The first-order valence-corrected chi connectivity index (χ1v) is 5.17. The van der Waals surface area contributed by atoms with Gasteiger partial charge in [-0.2, -0.15) is 18.2 Å². The Balaban J connectivity index is 2.32. The Hall–Kier alpha value is -1.82. The molecule has 0 bridgehead atoms. The van der Waals surface area contributed by atoms with Crippen molar-refractivity contribution in [2.24, 2.45) is 0 Å². The molecule has 2 rings (SSSR count). The Labute approximate surface area is 105 Å².